The molecule has 4 rings (SSSR count). The zero-order valence-electron chi connectivity index (χ0n) is 16.9. The number of carbonyl (C=O) groups is 1. The number of carbonyl (C=O) groups excluding carboxylic acids is 1. The summed E-state index contributed by atoms with van der Waals surface area (Å²) in [4.78, 5) is 18.2. The Labute approximate surface area is 164 Å². The molecule has 1 aromatic heterocycles. The maximum absolute atomic E-state index is 12.3. The molecule has 2 aliphatic rings. The van der Waals surface area contributed by atoms with Crippen LogP contribution in [0.2, 0.25) is 0 Å². The molecule has 28 heavy (non-hydrogen) atoms. The van der Waals surface area contributed by atoms with Crippen LogP contribution in [0.5, 0.6) is 0 Å². The van der Waals surface area contributed by atoms with E-state index in [1.807, 2.05) is 52.0 Å². The van der Waals surface area contributed by atoms with Gasteiger partial charge in [-0.05, 0) is 45.3 Å². The minimum absolute atomic E-state index is 0.234. The van der Waals surface area contributed by atoms with Crippen LogP contribution in [0.4, 0.5) is 0 Å². The Bertz CT molecular complexity index is 909. The summed E-state index contributed by atoms with van der Waals surface area (Å²) in [6.45, 7) is 8.51. The monoisotopic (exact) mass is 384 g/mol. The van der Waals surface area contributed by atoms with Crippen LogP contribution in [0, 0.1) is 0 Å². The van der Waals surface area contributed by atoms with Gasteiger partial charge in [-0.1, -0.05) is 12.1 Å². The summed E-state index contributed by atoms with van der Waals surface area (Å²) in [5.41, 5.74) is -0.672. The number of oxazole rings is 1. The lowest BCUT2D eigenvalue weighted by Crippen LogP contribution is -2.41. The number of rotatable bonds is 3. The first kappa shape index (κ1) is 19.2. The molecule has 7 nitrogen and oxygen atoms in total. The van der Waals surface area contributed by atoms with Crippen molar-refractivity contribution in [1.82, 2.24) is 9.88 Å². The van der Waals surface area contributed by atoms with Crippen LogP contribution in [0.15, 0.2) is 34.9 Å². The number of hydrogen-bond acceptors (Lipinski definition) is 6. The third kappa shape index (κ3) is 2.87. The highest BCUT2D eigenvalue weighted by atomic mass is 16.7. The van der Waals surface area contributed by atoms with Gasteiger partial charge in [0.15, 0.2) is 5.60 Å². The van der Waals surface area contributed by atoms with Gasteiger partial charge in [0.05, 0.1) is 11.2 Å². The summed E-state index contributed by atoms with van der Waals surface area (Å²) in [5.74, 6) is -0.0255. The first-order valence-corrected chi connectivity index (χ1v) is 9.43. The SMILES string of the molecule is CN1CC[C@@](O)(c2coc(-c3cccc(B4OC(C)(C)C(C)(C)O4)c3)n2)C1=O. The van der Waals surface area contributed by atoms with Crippen molar-refractivity contribution in [1.29, 1.82) is 0 Å². The molecule has 2 saturated heterocycles. The van der Waals surface area contributed by atoms with E-state index in [-0.39, 0.29) is 11.6 Å². The van der Waals surface area contributed by atoms with Gasteiger partial charge in [0.25, 0.3) is 5.91 Å². The molecule has 2 aliphatic heterocycles. The number of nitrogens with zero attached hydrogens (tertiary/aromatic N) is 2. The maximum atomic E-state index is 12.3. The maximum Gasteiger partial charge on any atom is 0.494 e. The van der Waals surface area contributed by atoms with Crippen LogP contribution in [0.3, 0.4) is 0 Å². The van der Waals surface area contributed by atoms with E-state index in [0.717, 1.165) is 11.0 Å². The van der Waals surface area contributed by atoms with E-state index in [2.05, 4.69) is 4.98 Å². The Morgan fingerprint density at radius 2 is 1.86 bits per heavy atom. The van der Waals surface area contributed by atoms with Gasteiger partial charge in [-0.3, -0.25) is 4.79 Å². The van der Waals surface area contributed by atoms with Crippen molar-refractivity contribution in [2.75, 3.05) is 13.6 Å². The number of likely N-dealkylation sites (N-methyl/N-ethyl adjacent to an activating group) is 1. The second-order valence-electron chi connectivity index (χ2n) is 8.59. The molecule has 2 fully saturated rings. The van der Waals surface area contributed by atoms with Crippen molar-refractivity contribution < 1.29 is 23.6 Å². The molecule has 0 spiro atoms. The zero-order chi connectivity index (χ0) is 20.3. The molecular weight excluding hydrogens is 359 g/mol. The van der Waals surface area contributed by atoms with E-state index in [0.29, 0.717) is 18.9 Å². The van der Waals surface area contributed by atoms with Gasteiger partial charge in [-0.15, -0.1) is 0 Å². The third-order valence-electron chi connectivity index (χ3n) is 6.10. The van der Waals surface area contributed by atoms with E-state index in [9.17, 15) is 9.90 Å². The van der Waals surface area contributed by atoms with Crippen LogP contribution in [0.1, 0.15) is 39.8 Å². The second kappa shape index (κ2) is 6.17. The number of aromatic nitrogens is 1. The number of likely N-dealkylation sites (tertiary alicyclic amines) is 1. The average molecular weight is 384 g/mol. The van der Waals surface area contributed by atoms with E-state index < -0.39 is 23.9 Å². The van der Waals surface area contributed by atoms with Crippen molar-refractivity contribution in [3.05, 3.63) is 36.2 Å². The molecule has 8 heteroatoms. The lowest BCUT2D eigenvalue weighted by atomic mass is 9.78. The first-order valence-electron chi connectivity index (χ1n) is 9.43. The molecule has 0 aliphatic carbocycles. The Morgan fingerprint density at radius 3 is 2.46 bits per heavy atom. The Balaban J connectivity index is 1.62. The summed E-state index contributed by atoms with van der Waals surface area (Å²) in [5, 5.41) is 10.8. The van der Waals surface area contributed by atoms with Crippen molar-refractivity contribution in [2.45, 2.75) is 50.9 Å². The largest absolute Gasteiger partial charge is 0.494 e. The van der Waals surface area contributed by atoms with Gasteiger partial charge < -0.3 is 23.7 Å². The molecule has 0 saturated carbocycles. The number of benzene rings is 1. The van der Waals surface area contributed by atoms with Gasteiger partial charge in [0.2, 0.25) is 5.89 Å². The molecule has 1 aromatic carbocycles. The van der Waals surface area contributed by atoms with Crippen LogP contribution in [-0.2, 0) is 19.7 Å². The van der Waals surface area contributed by atoms with E-state index >= 15 is 0 Å². The standard InChI is InChI=1S/C20H25BN2O5/c1-18(2)19(3,4)28-21(27-18)14-8-6-7-13(11-14)16-22-15(12-26-16)20(25)9-10-23(5)17(20)24/h6-8,11-12,25H,9-10H2,1-5H3/t20-/m1/s1. The van der Waals surface area contributed by atoms with Crippen LogP contribution in [0.25, 0.3) is 11.5 Å². The summed E-state index contributed by atoms with van der Waals surface area (Å²) >= 11 is 0. The van der Waals surface area contributed by atoms with Gasteiger partial charge in [-0.25, -0.2) is 4.98 Å². The summed E-state index contributed by atoms with van der Waals surface area (Å²) in [6, 6.07) is 7.56. The first-order chi connectivity index (χ1) is 13.0. The van der Waals surface area contributed by atoms with E-state index in [4.69, 9.17) is 13.7 Å². The van der Waals surface area contributed by atoms with Gasteiger partial charge >= 0.3 is 7.12 Å². The lowest BCUT2D eigenvalue weighted by molar-refractivity contribution is -0.143. The quantitative estimate of drug-likeness (QED) is 0.811. The molecule has 0 radical (unpaired) electrons. The zero-order valence-corrected chi connectivity index (χ0v) is 16.9. The van der Waals surface area contributed by atoms with Gasteiger partial charge in [0, 0.05) is 25.6 Å². The second-order valence-corrected chi connectivity index (χ2v) is 8.59. The molecule has 1 amide bonds. The average Bonchev–Trinajstić information content (AvgIpc) is 3.29. The van der Waals surface area contributed by atoms with Crippen molar-refractivity contribution in [3.8, 4) is 11.5 Å². The predicted octanol–water partition coefficient (Wildman–Crippen LogP) is 1.69. The fourth-order valence-electron chi connectivity index (χ4n) is 3.49. The fraction of sp³-hybridized carbons (Fsp3) is 0.500. The molecular formula is C20H25BN2O5. The summed E-state index contributed by atoms with van der Waals surface area (Å²) in [7, 11) is 1.17. The molecule has 1 atom stereocenters. The summed E-state index contributed by atoms with van der Waals surface area (Å²) in [6.07, 6.45) is 1.65. The molecule has 1 N–H and O–H groups in total. The number of amides is 1. The number of aliphatic hydroxyl groups is 1. The van der Waals surface area contributed by atoms with Crippen LogP contribution >= 0.6 is 0 Å². The summed E-state index contributed by atoms with van der Waals surface area (Å²) < 4.78 is 17.8. The van der Waals surface area contributed by atoms with Crippen molar-refractivity contribution >= 4 is 18.5 Å². The molecule has 2 aromatic rings. The Morgan fingerprint density at radius 1 is 1.18 bits per heavy atom. The predicted molar refractivity (Wildman–Crippen MR) is 104 cm³/mol. The molecule has 3 heterocycles. The molecule has 148 valence electrons. The minimum atomic E-state index is -1.63. The highest BCUT2D eigenvalue weighted by Gasteiger charge is 2.52. The third-order valence-corrected chi connectivity index (χ3v) is 6.10. The van der Waals surface area contributed by atoms with E-state index in [1.54, 1.807) is 7.05 Å². The number of hydrogen-bond donors (Lipinski definition) is 1. The Hall–Kier alpha value is -2.16. The van der Waals surface area contributed by atoms with Gasteiger partial charge in [-0.2, -0.15) is 0 Å². The highest BCUT2D eigenvalue weighted by molar-refractivity contribution is 6.62. The molecule has 0 unspecified atom stereocenters. The van der Waals surface area contributed by atoms with Crippen LogP contribution < -0.4 is 5.46 Å². The Kier molecular flexibility index (Phi) is 4.23. The normalized spacial score (nSPS) is 26.3. The fourth-order valence-corrected chi connectivity index (χ4v) is 3.49. The highest BCUT2D eigenvalue weighted by Crippen LogP contribution is 2.37. The smallest absolute Gasteiger partial charge is 0.444 e. The minimum Gasteiger partial charge on any atom is -0.444 e. The molecule has 0 bridgehead atoms. The van der Waals surface area contributed by atoms with Crippen molar-refractivity contribution in [2.24, 2.45) is 0 Å². The lowest BCUT2D eigenvalue weighted by Gasteiger charge is -2.32. The van der Waals surface area contributed by atoms with E-state index in [1.165, 1.54) is 11.2 Å². The van der Waals surface area contributed by atoms with Crippen molar-refractivity contribution in [3.63, 3.8) is 0 Å². The topological polar surface area (TPSA) is 85.0 Å². The van der Waals surface area contributed by atoms with Crippen LogP contribution in [-0.4, -0.2) is 52.8 Å². The van der Waals surface area contributed by atoms with Gasteiger partial charge in [0.1, 0.15) is 12.0 Å².